The Bertz CT molecular complexity index is 531. The minimum Gasteiger partial charge on any atom is -0.226 e. The molecule has 1 heterocycles. The fourth-order valence-electron chi connectivity index (χ4n) is 1.58. The molecule has 0 aliphatic rings. The predicted octanol–water partition coefficient (Wildman–Crippen LogP) is 3.94. The second-order valence-corrected chi connectivity index (χ2v) is 5.24. The summed E-state index contributed by atoms with van der Waals surface area (Å²) in [6.45, 7) is 4.26. The predicted molar refractivity (Wildman–Crippen MR) is 77.0 cm³/mol. The van der Waals surface area contributed by atoms with Crippen LogP contribution in [0.15, 0.2) is 29.3 Å². The highest BCUT2D eigenvalue weighted by molar-refractivity contribution is 7.14. The van der Waals surface area contributed by atoms with Crippen LogP contribution in [0.25, 0.3) is 0 Å². The lowest BCUT2D eigenvalue weighted by molar-refractivity contribution is 0.779. The van der Waals surface area contributed by atoms with Crippen LogP contribution in [-0.4, -0.2) is 16.4 Å². The summed E-state index contributed by atoms with van der Waals surface area (Å²) in [4.78, 5) is 4.39. The number of aryl methyl sites for hydroxylation is 2. The van der Waals surface area contributed by atoms with Crippen molar-refractivity contribution in [3.05, 3.63) is 40.4 Å². The molecule has 0 saturated carbocycles. The van der Waals surface area contributed by atoms with Gasteiger partial charge < -0.3 is 0 Å². The zero-order chi connectivity index (χ0) is 12.8. The van der Waals surface area contributed by atoms with E-state index >= 15 is 0 Å². The molecule has 0 atom stereocenters. The standard InChI is InChI=1S/C14H17N3S/c1-3-4-9-13-16-17-14(18-13)15-10-12-8-6-5-7-11(12)2/h5-8,10H,3-4,9H2,1-2H3. The molecule has 2 rings (SSSR count). The Hall–Kier alpha value is -1.55. The van der Waals surface area contributed by atoms with Gasteiger partial charge in [-0.05, 0) is 24.5 Å². The van der Waals surface area contributed by atoms with Crippen molar-refractivity contribution in [1.82, 2.24) is 10.2 Å². The monoisotopic (exact) mass is 259 g/mol. The first-order chi connectivity index (χ1) is 8.79. The van der Waals surface area contributed by atoms with Crippen molar-refractivity contribution in [3.8, 4) is 0 Å². The van der Waals surface area contributed by atoms with E-state index in [1.165, 1.54) is 12.0 Å². The van der Waals surface area contributed by atoms with Crippen LogP contribution in [0.1, 0.15) is 35.9 Å². The lowest BCUT2D eigenvalue weighted by Crippen LogP contribution is -1.84. The van der Waals surface area contributed by atoms with Gasteiger partial charge >= 0.3 is 0 Å². The summed E-state index contributed by atoms with van der Waals surface area (Å²) in [5.74, 6) is 0. The van der Waals surface area contributed by atoms with E-state index in [-0.39, 0.29) is 0 Å². The Morgan fingerprint density at radius 1 is 1.28 bits per heavy atom. The molecule has 0 saturated heterocycles. The van der Waals surface area contributed by atoms with Crippen LogP contribution in [0.4, 0.5) is 5.13 Å². The van der Waals surface area contributed by atoms with Crippen molar-refractivity contribution < 1.29 is 0 Å². The average Bonchev–Trinajstić information content (AvgIpc) is 2.83. The first-order valence-corrected chi connectivity index (χ1v) is 7.03. The molecule has 0 spiro atoms. The highest BCUT2D eigenvalue weighted by Crippen LogP contribution is 2.20. The maximum atomic E-state index is 4.39. The van der Waals surface area contributed by atoms with Crippen LogP contribution in [0.2, 0.25) is 0 Å². The third-order valence-electron chi connectivity index (χ3n) is 2.70. The van der Waals surface area contributed by atoms with E-state index in [0.717, 1.165) is 28.5 Å². The Kier molecular flexibility index (Phi) is 4.59. The summed E-state index contributed by atoms with van der Waals surface area (Å²) < 4.78 is 0. The summed E-state index contributed by atoms with van der Waals surface area (Å²) in [6.07, 6.45) is 5.21. The van der Waals surface area contributed by atoms with Crippen molar-refractivity contribution >= 4 is 22.7 Å². The molecule has 0 aliphatic carbocycles. The van der Waals surface area contributed by atoms with Crippen LogP contribution in [0.5, 0.6) is 0 Å². The summed E-state index contributed by atoms with van der Waals surface area (Å²) in [5.41, 5.74) is 2.35. The Morgan fingerprint density at radius 2 is 2.11 bits per heavy atom. The average molecular weight is 259 g/mol. The molecule has 1 aromatic heterocycles. The summed E-state index contributed by atoms with van der Waals surface area (Å²) in [5, 5.41) is 10.0. The SMILES string of the molecule is CCCCc1nnc(N=Cc2ccccc2C)s1. The fourth-order valence-corrected chi connectivity index (χ4v) is 2.31. The number of aromatic nitrogens is 2. The molecule has 0 fully saturated rings. The number of aliphatic imine (C=N–C) groups is 1. The molecule has 0 unspecified atom stereocenters. The number of unbranched alkanes of at least 4 members (excludes halogenated alkanes) is 1. The van der Waals surface area contributed by atoms with Crippen LogP contribution in [0.3, 0.4) is 0 Å². The number of hydrogen-bond donors (Lipinski definition) is 0. The van der Waals surface area contributed by atoms with Gasteiger partial charge in [-0.3, -0.25) is 0 Å². The van der Waals surface area contributed by atoms with E-state index in [1.54, 1.807) is 11.3 Å². The van der Waals surface area contributed by atoms with E-state index in [4.69, 9.17) is 0 Å². The molecule has 0 N–H and O–H groups in total. The zero-order valence-electron chi connectivity index (χ0n) is 10.8. The molecule has 0 amide bonds. The Morgan fingerprint density at radius 3 is 2.89 bits per heavy atom. The second kappa shape index (κ2) is 6.40. The molecule has 0 bridgehead atoms. The lowest BCUT2D eigenvalue weighted by atomic mass is 10.1. The third kappa shape index (κ3) is 3.47. The van der Waals surface area contributed by atoms with Crippen molar-refractivity contribution in [3.63, 3.8) is 0 Å². The van der Waals surface area contributed by atoms with E-state index < -0.39 is 0 Å². The van der Waals surface area contributed by atoms with Gasteiger partial charge in [0, 0.05) is 12.6 Å². The summed E-state index contributed by atoms with van der Waals surface area (Å²) in [6, 6.07) is 8.17. The molecule has 18 heavy (non-hydrogen) atoms. The molecule has 0 aliphatic heterocycles. The van der Waals surface area contributed by atoms with E-state index in [1.807, 2.05) is 18.3 Å². The van der Waals surface area contributed by atoms with E-state index in [2.05, 4.69) is 41.2 Å². The van der Waals surface area contributed by atoms with Crippen molar-refractivity contribution in [1.29, 1.82) is 0 Å². The van der Waals surface area contributed by atoms with Crippen LogP contribution >= 0.6 is 11.3 Å². The topological polar surface area (TPSA) is 38.1 Å². The quantitative estimate of drug-likeness (QED) is 0.763. The van der Waals surface area contributed by atoms with Gasteiger partial charge in [0.2, 0.25) is 5.13 Å². The van der Waals surface area contributed by atoms with Crippen LogP contribution in [-0.2, 0) is 6.42 Å². The van der Waals surface area contributed by atoms with Gasteiger partial charge in [-0.1, -0.05) is 48.9 Å². The molecule has 94 valence electrons. The third-order valence-corrected chi connectivity index (χ3v) is 3.59. The smallest absolute Gasteiger partial charge is 0.226 e. The van der Waals surface area contributed by atoms with Crippen molar-refractivity contribution in [2.75, 3.05) is 0 Å². The van der Waals surface area contributed by atoms with E-state index in [0.29, 0.717) is 0 Å². The van der Waals surface area contributed by atoms with Gasteiger partial charge in [0.1, 0.15) is 5.01 Å². The van der Waals surface area contributed by atoms with Crippen LogP contribution < -0.4 is 0 Å². The van der Waals surface area contributed by atoms with E-state index in [9.17, 15) is 0 Å². The zero-order valence-corrected chi connectivity index (χ0v) is 11.6. The van der Waals surface area contributed by atoms with Gasteiger partial charge in [-0.2, -0.15) is 0 Å². The summed E-state index contributed by atoms with van der Waals surface area (Å²) in [7, 11) is 0. The first kappa shape index (κ1) is 12.9. The van der Waals surface area contributed by atoms with Crippen molar-refractivity contribution in [2.45, 2.75) is 33.1 Å². The highest BCUT2D eigenvalue weighted by Gasteiger charge is 2.01. The largest absolute Gasteiger partial charge is 0.231 e. The van der Waals surface area contributed by atoms with Gasteiger partial charge in [0.15, 0.2) is 0 Å². The molecule has 4 heteroatoms. The minimum absolute atomic E-state index is 0.740. The van der Waals surface area contributed by atoms with Gasteiger partial charge in [0.05, 0.1) is 0 Å². The van der Waals surface area contributed by atoms with Crippen molar-refractivity contribution in [2.24, 2.45) is 4.99 Å². The number of hydrogen-bond acceptors (Lipinski definition) is 4. The van der Waals surface area contributed by atoms with Crippen LogP contribution in [0, 0.1) is 6.92 Å². The molecule has 2 aromatic rings. The number of nitrogens with zero attached hydrogens (tertiary/aromatic N) is 3. The molecule has 1 aromatic carbocycles. The summed E-state index contributed by atoms with van der Waals surface area (Å²) >= 11 is 1.58. The molecule has 0 radical (unpaired) electrons. The number of rotatable bonds is 5. The first-order valence-electron chi connectivity index (χ1n) is 6.21. The van der Waals surface area contributed by atoms with Gasteiger partial charge in [0.25, 0.3) is 0 Å². The molecular weight excluding hydrogens is 242 g/mol. The molecular formula is C14H17N3S. The Labute approximate surface area is 112 Å². The maximum Gasteiger partial charge on any atom is 0.231 e. The lowest BCUT2D eigenvalue weighted by Gasteiger charge is -1.96. The second-order valence-electron chi connectivity index (χ2n) is 4.20. The Balaban J connectivity index is 2.05. The minimum atomic E-state index is 0.740. The fraction of sp³-hybridized carbons (Fsp3) is 0.357. The number of benzene rings is 1. The highest BCUT2D eigenvalue weighted by atomic mass is 32.1. The normalized spacial score (nSPS) is 11.2. The molecule has 3 nitrogen and oxygen atoms in total. The van der Waals surface area contributed by atoms with Gasteiger partial charge in [-0.15, -0.1) is 10.2 Å². The maximum absolute atomic E-state index is 4.39. The van der Waals surface area contributed by atoms with Gasteiger partial charge in [-0.25, -0.2) is 4.99 Å².